The predicted molar refractivity (Wildman–Crippen MR) is 77.1 cm³/mol. The molecule has 0 aliphatic rings. The van der Waals surface area contributed by atoms with E-state index in [1.54, 1.807) is 18.2 Å². The van der Waals surface area contributed by atoms with E-state index in [0.29, 0.717) is 6.42 Å². The lowest BCUT2D eigenvalue weighted by Gasteiger charge is -2.07. The molecule has 0 spiro atoms. The highest BCUT2D eigenvalue weighted by Crippen LogP contribution is 2.10. The van der Waals surface area contributed by atoms with E-state index < -0.39 is 21.6 Å². The van der Waals surface area contributed by atoms with Crippen LogP contribution in [0, 0.1) is 11.6 Å². The lowest BCUT2D eigenvalue weighted by atomic mass is 10.1. The Morgan fingerprint density at radius 3 is 2.29 bits per heavy atom. The molecule has 0 unspecified atom stereocenters. The molecule has 2 rings (SSSR count). The molecule has 0 saturated heterocycles. The number of halogens is 2. The average Bonchev–Trinajstić information content (AvgIpc) is 2.43. The second-order valence-corrected chi connectivity index (χ2v) is 6.43. The van der Waals surface area contributed by atoms with E-state index in [2.05, 4.69) is 4.72 Å². The molecule has 2 aromatic rings. The summed E-state index contributed by atoms with van der Waals surface area (Å²) in [7, 11) is -3.60. The summed E-state index contributed by atoms with van der Waals surface area (Å²) in [5.41, 5.74) is 0.955. The van der Waals surface area contributed by atoms with Crippen molar-refractivity contribution < 1.29 is 17.2 Å². The summed E-state index contributed by atoms with van der Waals surface area (Å²) >= 11 is 0. The molecule has 112 valence electrons. The van der Waals surface area contributed by atoms with E-state index >= 15 is 0 Å². The Kier molecular flexibility index (Phi) is 5.03. The van der Waals surface area contributed by atoms with Gasteiger partial charge in [0, 0.05) is 12.1 Å². The van der Waals surface area contributed by atoms with Gasteiger partial charge in [-0.3, -0.25) is 0 Å². The summed E-state index contributed by atoms with van der Waals surface area (Å²) < 4.78 is 52.3. The van der Waals surface area contributed by atoms with Crippen LogP contribution in [0.1, 0.15) is 11.1 Å². The Bertz CT molecular complexity index is 700. The van der Waals surface area contributed by atoms with Crippen LogP contribution in [0.25, 0.3) is 0 Å². The van der Waals surface area contributed by atoms with E-state index in [0.717, 1.165) is 5.56 Å². The van der Waals surface area contributed by atoms with Gasteiger partial charge in [-0.05, 0) is 30.2 Å². The molecule has 0 aliphatic heterocycles. The fourth-order valence-electron chi connectivity index (χ4n) is 1.87. The summed E-state index contributed by atoms with van der Waals surface area (Å²) in [6.45, 7) is 0.183. The third-order valence-electron chi connectivity index (χ3n) is 2.95. The highest BCUT2D eigenvalue weighted by molar-refractivity contribution is 7.88. The largest absolute Gasteiger partial charge is 0.215 e. The van der Waals surface area contributed by atoms with Crippen LogP contribution >= 0.6 is 0 Å². The maximum absolute atomic E-state index is 13.4. The first-order valence-corrected chi connectivity index (χ1v) is 8.07. The predicted octanol–water partition coefficient (Wildman–Crippen LogP) is 2.63. The summed E-state index contributed by atoms with van der Waals surface area (Å²) in [5, 5.41) is 0. The third kappa shape index (κ3) is 4.91. The fourth-order valence-corrected chi connectivity index (χ4v) is 3.03. The van der Waals surface area contributed by atoms with Gasteiger partial charge in [-0.25, -0.2) is 21.9 Å². The van der Waals surface area contributed by atoms with Crippen LogP contribution in [0.5, 0.6) is 0 Å². The van der Waals surface area contributed by atoms with Crippen molar-refractivity contribution >= 4 is 10.0 Å². The summed E-state index contributed by atoms with van der Waals surface area (Å²) in [6, 6.07) is 11.6. The van der Waals surface area contributed by atoms with E-state index in [1.807, 2.05) is 0 Å². The van der Waals surface area contributed by atoms with Gasteiger partial charge in [-0.2, -0.15) is 0 Å². The molecule has 0 heterocycles. The molecule has 0 saturated carbocycles. The first-order chi connectivity index (χ1) is 9.96. The second kappa shape index (κ2) is 6.78. The van der Waals surface area contributed by atoms with Crippen molar-refractivity contribution in [1.29, 1.82) is 0 Å². The van der Waals surface area contributed by atoms with Gasteiger partial charge in [0.05, 0.1) is 5.75 Å². The van der Waals surface area contributed by atoms with E-state index in [1.165, 1.54) is 30.3 Å². The molecule has 0 aromatic heterocycles. The van der Waals surface area contributed by atoms with Crippen molar-refractivity contribution in [2.45, 2.75) is 12.2 Å². The number of rotatable bonds is 6. The van der Waals surface area contributed by atoms with Crippen molar-refractivity contribution in [1.82, 2.24) is 4.72 Å². The Morgan fingerprint density at radius 2 is 1.62 bits per heavy atom. The summed E-state index contributed by atoms with van der Waals surface area (Å²) in [6.07, 6.45) is 0.441. The van der Waals surface area contributed by atoms with Crippen LogP contribution in [-0.2, 0) is 22.2 Å². The van der Waals surface area contributed by atoms with Crippen molar-refractivity contribution in [3.05, 3.63) is 71.3 Å². The van der Waals surface area contributed by atoms with Crippen LogP contribution in [0.3, 0.4) is 0 Å². The smallest absolute Gasteiger partial charge is 0.215 e. The molecule has 6 heteroatoms. The Labute approximate surface area is 122 Å². The van der Waals surface area contributed by atoms with Gasteiger partial charge in [0.25, 0.3) is 0 Å². The molecule has 21 heavy (non-hydrogen) atoms. The number of benzene rings is 2. The molecular weight excluding hydrogens is 296 g/mol. The van der Waals surface area contributed by atoms with Gasteiger partial charge in [0.2, 0.25) is 10.0 Å². The summed E-state index contributed by atoms with van der Waals surface area (Å²) in [4.78, 5) is 0. The van der Waals surface area contributed by atoms with Crippen molar-refractivity contribution in [2.75, 3.05) is 6.54 Å². The number of hydrogen-bond acceptors (Lipinski definition) is 2. The minimum atomic E-state index is -3.60. The number of nitrogens with one attached hydrogen (secondary N) is 1. The highest BCUT2D eigenvalue weighted by Gasteiger charge is 2.13. The molecule has 0 atom stereocenters. The molecule has 0 amide bonds. The van der Waals surface area contributed by atoms with Gasteiger partial charge >= 0.3 is 0 Å². The van der Waals surface area contributed by atoms with Crippen LogP contribution in [-0.4, -0.2) is 15.0 Å². The zero-order valence-electron chi connectivity index (χ0n) is 11.2. The molecule has 0 fully saturated rings. The molecule has 3 nitrogen and oxygen atoms in total. The standard InChI is InChI=1S/C15H15F2NO2S/c16-14-7-5-12(6-8-14)9-10-18-21(19,20)11-13-3-1-2-4-15(13)17/h1-8,18H,9-11H2. The van der Waals surface area contributed by atoms with Gasteiger partial charge < -0.3 is 0 Å². The Hall–Kier alpha value is -1.79. The van der Waals surface area contributed by atoms with E-state index in [-0.39, 0.29) is 17.9 Å². The van der Waals surface area contributed by atoms with Gasteiger partial charge in [-0.1, -0.05) is 30.3 Å². The third-order valence-corrected chi connectivity index (χ3v) is 4.29. The average molecular weight is 311 g/mol. The lowest BCUT2D eigenvalue weighted by Crippen LogP contribution is -2.27. The van der Waals surface area contributed by atoms with Crippen LogP contribution in [0.2, 0.25) is 0 Å². The van der Waals surface area contributed by atoms with E-state index in [9.17, 15) is 17.2 Å². The van der Waals surface area contributed by atoms with Gasteiger partial charge in [0.1, 0.15) is 11.6 Å². The van der Waals surface area contributed by atoms with Crippen molar-refractivity contribution in [3.63, 3.8) is 0 Å². The number of hydrogen-bond donors (Lipinski definition) is 1. The molecular formula is C15H15F2NO2S. The maximum atomic E-state index is 13.4. The fraction of sp³-hybridized carbons (Fsp3) is 0.200. The van der Waals surface area contributed by atoms with Crippen LogP contribution in [0.15, 0.2) is 48.5 Å². The van der Waals surface area contributed by atoms with E-state index in [4.69, 9.17) is 0 Å². The zero-order valence-corrected chi connectivity index (χ0v) is 12.0. The quantitative estimate of drug-likeness (QED) is 0.891. The highest BCUT2D eigenvalue weighted by atomic mass is 32.2. The van der Waals surface area contributed by atoms with Crippen LogP contribution < -0.4 is 4.72 Å². The number of sulfonamides is 1. The van der Waals surface area contributed by atoms with Crippen molar-refractivity contribution in [3.8, 4) is 0 Å². The second-order valence-electron chi connectivity index (χ2n) is 4.62. The molecule has 2 aromatic carbocycles. The summed E-state index contributed by atoms with van der Waals surface area (Å²) in [5.74, 6) is -1.27. The molecule has 0 aliphatic carbocycles. The molecule has 1 N–H and O–H groups in total. The normalized spacial score (nSPS) is 11.5. The van der Waals surface area contributed by atoms with Crippen LogP contribution in [0.4, 0.5) is 8.78 Å². The maximum Gasteiger partial charge on any atom is 0.215 e. The SMILES string of the molecule is O=S(=O)(Cc1ccccc1F)NCCc1ccc(F)cc1. The Morgan fingerprint density at radius 1 is 0.952 bits per heavy atom. The lowest BCUT2D eigenvalue weighted by molar-refractivity contribution is 0.574. The minimum absolute atomic E-state index is 0.131. The monoisotopic (exact) mass is 311 g/mol. The minimum Gasteiger partial charge on any atom is -0.215 e. The first kappa shape index (κ1) is 15.6. The molecule has 0 radical (unpaired) electrons. The van der Waals surface area contributed by atoms with Gasteiger partial charge in [0.15, 0.2) is 0 Å². The van der Waals surface area contributed by atoms with Gasteiger partial charge in [-0.15, -0.1) is 0 Å². The van der Waals surface area contributed by atoms with Crippen molar-refractivity contribution in [2.24, 2.45) is 0 Å². The topological polar surface area (TPSA) is 46.2 Å². The molecule has 0 bridgehead atoms. The zero-order chi connectivity index (χ0) is 15.3. The Balaban J connectivity index is 1.90. The first-order valence-electron chi connectivity index (χ1n) is 6.41.